The highest BCUT2D eigenvalue weighted by molar-refractivity contribution is 5.75. The molecule has 0 radical (unpaired) electrons. The van der Waals surface area contributed by atoms with Crippen LogP contribution in [0.3, 0.4) is 0 Å². The predicted molar refractivity (Wildman–Crippen MR) is 75.9 cm³/mol. The summed E-state index contributed by atoms with van der Waals surface area (Å²) in [6, 6.07) is 10.5. The fourth-order valence-electron chi connectivity index (χ4n) is 4.43. The molecule has 3 nitrogen and oxygen atoms in total. The van der Waals surface area contributed by atoms with Crippen molar-refractivity contribution in [1.29, 1.82) is 0 Å². The summed E-state index contributed by atoms with van der Waals surface area (Å²) in [5.74, 6) is 2.67. The quantitative estimate of drug-likeness (QED) is 0.788. The van der Waals surface area contributed by atoms with E-state index in [0.29, 0.717) is 12.6 Å². The predicted octanol–water partition coefficient (Wildman–Crippen LogP) is 2.46. The van der Waals surface area contributed by atoms with E-state index in [0.717, 1.165) is 29.9 Å². The molecule has 0 N–H and O–H groups in total. The second-order valence-corrected chi connectivity index (χ2v) is 6.60. The van der Waals surface area contributed by atoms with E-state index in [1.165, 1.54) is 12.8 Å². The van der Waals surface area contributed by atoms with Gasteiger partial charge in [-0.15, -0.1) is 0 Å². The Hall–Kier alpha value is -1.35. The van der Waals surface area contributed by atoms with Gasteiger partial charge in [-0.05, 0) is 43.1 Å². The summed E-state index contributed by atoms with van der Waals surface area (Å²) in [5.41, 5.74) is 1.05. The molecule has 1 aromatic rings. The molecule has 3 fully saturated rings. The fraction of sp³-hybridized carbons (Fsp3) is 0.588. The Morgan fingerprint density at radius 1 is 1.30 bits per heavy atom. The minimum atomic E-state index is -0.0877. The molecule has 3 unspecified atom stereocenters. The topological polar surface area (TPSA) is 29.5 Å². The van der Waals surface area contributed by atoms with Gasteiger partial charge in [0.2, 0.25) is 0 Å². The van der Waals surface area contributed by atoms with E-state index in [-0.39, 0.29) is 12.0 Å². The first-order valence-corrected chi connectivity index (χ1v) is 7.70. The molecule has 3 aliphatic rings. The Morgan fingerprint density at radius 3 is 2.80 bits per heavy atom. The number of benzene rings is 1. The molecule has 20 heavy (non-hydrogen) atoms. The lowest BCUT2D eigenvalue weighted by molar-refractivity contribution is -0.152. The molecule has 1 aliphatic heterocycles. The number of esters is 1. The molecule has 1 saturated heterocycles. The maximum atomic E-state index is 12.2. The third kappa shape index (κ3) is 1.80. The van der Waals surface area contributed by atoms with Crippen molar-refractivity contribution in [1.82, 2.24) is 4.90 Å². The first-order valence-electron chi connectivity index (χ1n) is 7.70. The molecule has 1 heterocycles. The third-order valence-corrected chi connectivity index (χ3v) is 5.62. The van der Waals surface area contributed by atoms with Gasteiger partial charge in [-0.3, -0.25) is 9.69 Å². The van der Waals surface area contributed by atoms with Gasteiger partial charge in [-0.1, -0.05) is 30.3 Å². The van der Waals surface area contributed by atoms with Crippen LogP contribution in [0.1, 0.15) is 25.3 Å². The highest BCUT2D eigenvalue weighted by Gasteiger charge is 2.61. The summed E-state index contributed by atoms with van der Waals surface area (Å²) in [6.07, 6.45) is 2.70. The van der Waals surface area contributed by atoms with Gasteiger partial charge in [0.25, 0.3) is 0 Å². The molecular weight excluding hydrogens is 250 g/mol. The van der Waals surface area contributed by atoms with E-state index >= 15 is 0 Å². The van der Waals surface area contributed by atoms with Crippen LogP contribution in [0.2, 0.25) is 0 Å². The first kappa shape index (κ1) is 12.4. The average molecular weight is 271 g/mol. The van der Waals surface area contributed by atoms with E-state index in [9.17, 15) is 4.79 Å². The van der Waals surface area contributed by atoms with Crippen molar-refractivity contribution in [3.05, 3.63) is 35.9 Å². The van der Waals surface area contributed by atoms with Crippen LogP contribution in [0.15, 0.2) is 30.3 Å². The minimum Gasteiger partial charge on any atom is -0.460 e. The molecule has 5 atom stereocenters. The Morgan fingerprint density at radius 2 is 2.10 bits per heavy atom. The molecule has 2 saturated carbocycles. The second kappa shape index (κ2) is 4.59. The number of ether oxygens (including phenoxy) is 1. The van der Waals surface area contributed by atoms with Crippen LogP contribution in [0, 0.1) is 17.8 Å². The molecule has 3 heteroatoms. The number of hydrogen-bond donors (Lipinski definition) is 0. The van der Waals surface area contributed by atoms with E-state index < -0.39 is 0 Å². The summed E-state index contributed by atoms with van der Waals surface area (Å²) >= 11 is 0. The molecule has 0 spiro atoms. The monoisotopic (exact) mass is 271 g/mol. The van der Waals surface area contributed by atoms with Crippen LogP contribution in [0.25, 0.3) is 0 Å². The lowest BCUT2D eigenvalue weighted by atomic mass is 9.53. The Balaban J connectivity index is 1.34. The molecule has 0 bridgehead atoms. The molecule has 0 amide bonds. The number of rotatable bonds is 4. The van der Waals surface area contributed by atoms with Crippen LogP contribution in [-0.2, 0) is 16.1 Å². The van der Waals surface area contributed by atoms with Gasteiger partial charge in [0.05, 0.1) is 0 Å². The van der Waals surface area contributed by atoms with E-state index in [2.05, 4.69) is 4.90 Å². The van der Waals surface area contributed by atoms with Gasteiger partial charge in [0.15, 0.2) is 0 Å². The van der Waals surface area contributed by atoms with Crippen LogP contribution >= 0.6 is 0 Å². The van der Waals surface area contributed by atoms with Gasteiger partial charge in [-0.2, -0.15) is 0 Å². The minimum absolute atomic E-state index is 0.0707. The van der Waals surface area contributed by atoms with Gasteiger partial charge in [0.1, 0.15) is 12.6 Å². The highest BCUT2D eigenvalue weighted by Crippen LogP contribution is 2.61. The molecule has 106 valence electrons. The zero-order chi connectivity index (χ0) is 13.7. The number of carbonyl (C=O) groups excluding carboxylic acids is 1. The normalized spacial score (nSPS) is 35.6. The van der Waals surface area contributed by atoms with Gasteiger partial charge in [0, 0.05) is 12.6 Å². The van der Waals surface area contributed by atoms with E-state index in [1.54, 1.807) is 0 Å². The zero-order valence-corrected chi connectivity index (χ0v) is 11.9. The lowest BCUT2D eigenvalue weighted by Gasteiger charge is -2.53. The van der Waals surface area contributed by atoms with Crippen molar-refractivity contribution < 1.29 is 9.53 Å². The summed E-state index contributed by atoms with van der Waals surface area (Å²) < 4.78 is 5.48. The smallest absolute Gasteiger partial charge is 0.323 e. The van der Waals surface area contributed by atoms with Gasteiger partial charge < -0.3 is 4.74 Å². The van der Waals surface area contributed by atoms with Crippen molar-refractivity contribution in [2.45, 2.75) is 38.5 Å². The average Bonchev–Trinajstić information content (AvgIpc) is 2.60. The molecule has 2 aliphatic carbocycles. The Labute approximate surface area is 119 Å². The number of carbonyl (C=O) groups is 1. The summed E-state index contributed by atoms with van der Waals surface area (Å²) in [4.78, 5) is 14.6. The van der Waals surface area contributed by atoms with Crippen molar-refractivity contribution in [2.75, 3.05) is 6.54 Å². The zero-order valence-electron chi connectivity index (χ0n) is 11.9. The van der Waals surface area contributed by atoms with Crippen LogP contribution in [-0.4, -0.2) is 29.5 Å². The lowest BCUT2D eigenvalue weighted by Crippen LogP contribution is -2.55. The summed E-state index contributed by atoms with van der Waals surface area (Å²) in [7, 11) is 0. The molecule has 4 rings (SSSR count). The van der Waals surface area contributed by atoms with Crippen molar-refractivity contribution in [2.24, 2.45) is 17.8 Å². The number of hydrogen-bond acceptors (Lipinski definition) is 3. The Bertz CT molecular complexity index is 515. The highest BCUT2D eigenvalue weighted by atomic mass is 16.5. The van der Waals surface area contributed by atoms with Gasteiger partial charge >= 0.3 is 5.97 Å². The van der Waals surface area contributed by atoms with E-state index in [1.807, 2.05) is 37.3 Å². The van der Waals surface area contributed by atoms with Crippen molar-refractivity contribution in [3.63, 3.8) is 0 Å². The van der Waals surface area contributed by atoms with Crippen LogP contribution < -0.4 is 0 Å². The van der Waals surface area contributed by atoms with Gasteiger partial charge in [-0.25, -0.2) is 0 Å². The third-order valence-electron chi connectivity index (χ3n) is 5.62. The maximum absolute atomic E-state index is 12.2. The maximum Gasteiger partial charge on any atom is 0.323 e. The van der Waals surface area contributed by atoms with E-state index in [4.69, 9.17) is 4.74 Å². The van der Waals surface area contributed by atoms with Crippen LogP contribution in [0.4, 0.5) is 0 Å². The van der Waals surface area contributed by atoms with Crippen LogP contribution in [0.5, 0.6) is 0 Å². The Kier molecular flexibility index (Phi) is 2.84. The second-order valence-electron chi connectivity index (χ2n) is 6.60. The summed E-state index contributed by atoms with van der Waals surface area (Å²) in [6.45, 7) is 3.50. The SMILES string of the molecule is C[C@H](C(=O)OCc1ccccc1)N1CC2CC3CC1[C@H]32. The van der Waals surface area contributed by atoms with Crippen molar-refractivity contribution >= 4 is 5.97 Å². The first-order chi connectivity index (χ1) is 9.74. The number of likely N-dealkylation sites (tertiary alicyclic amines) is 1. The van der Waals surface area contributed by atoms with Crippen molar-refractivity contribution in [3.8, 4) is 0 Å². The molecule has 0 aromatic heterocycles. The standard InChI is InChI=1S/C17H21NO2/c1-11(17(19)20-10-12-5-3-2-4-6-12)18-9-14-7-13-8-15(18)16(13)14/h2-6,11,13-16H,7-10H2,1H3/t11-,13?,14?,15?,16-/m1/s1. The number of nitrogens with zero attached hydrogens (tertiary/aromatic N) is 1. The fourth-order valence-corrected chi connectivity index (χ4v) is 4.43. The summed E-state index contributed by atoms with van der Waals surface area (Å²) in [5, 5.41) is 0. The molecular formula is C17H21NO2. The largest absolute Gasteiger partial charge is 0.460 e. The molecule has 1 aromatic carbocycles.